The number of hydrogen-bond acceptors (Lipinski definition) is 10. The molecule has 7 atom stereocenters. The third kappa shape index (κ3) is 5.42. The number of benzene rings is 2. The molecule has 13 heteroatoms. The van der Waals surface area contributed by atoms with Gasteiger partial charge in [-0.2, -0.15) is 0 Å². The summed E-state index contributed by atoms with van der Waals surface area (Å²) in [4.78, 5) is 29.7. The molecule has 2 aromatic carbocycles. The van der Waals surface area contributed by atoms with Crippen LogP contribution in [0, 0.1) is 17.8 Å². The largest absolute Gasteiger partial charge is 0.497 e. The molecule has 1 saturated heterocycles. The SMILES string of the molecule is COC(=O)[C@H]1[C@H]2C[C@@H]3c4c(c5ccc(OC)cc5n4Br)CC(Br)N3C[C@H]2C[C@@H](OC(=O)c2cc(OC)c(OC)c(OC)c2)[C@@H]1OC. The fraction of sp³-hybridized carbons (Fsp3) is 0.515. The van der Waals surface area contributed by atoms with Gasteiger partial charge < -0.3 is 33.2 Å². The van der Waals surface area contributed by atoms with Crippen molar-refractivity contribution in [3.05, 3.63) is 47.2 Å². The number of ether oxygens (including phenoxy) is 7. The van der Waals surface area contributed by atoms with E-state index in [2.05, 4.69) is 46.6 Å². The number of alkyl halides is 1. The maximum absolute atomic E-state index is 13.6. The van der Waals surface area contributed by atoms with Crippen molar-refractivity contribution in [3.8, 4) is 23.0 Å². The highest BCUT2D eigenvalue weighted by atomic mass is 79.9. The second-order valence-corrected chi connectivity index (χ2v) is 13.6. The van der Waals surface area contributed by atoms with Crippen molar-refractivity contribution in [2.45, 2.75) is 42.5 Å². The number of aromatic nitrogens is 1. The summed E-state index contributed by atoms with van der Waals surface area (Å²) >= 11 is 7.85. The van der Waals surface area contributed by atoms with Gasteiger partial charge in [0, 0.05) is 31.5 Å². The summed E-state index contributed by atoms with van der Waals surface area (Å²) in [5.41, 5.74) is 3.71. The van der Waals surface area contributed by atoms with E-state index in [9.17, 15) is 9.59 Å². The van der Waals surface area contributed by atoms with Crippen molar-refractivity contribution >= 4 is 54.9 Å². The van der Waals surface area contributed by atoms with Gasteiger partial charge in [-0.05, 0) is 54.5 Å². The molecule has 3 aliphatic rings. The first kappa shape index (κ1) is 32.9. The maximum Gasteiger partial charge on any atom is 0.338 e. The zero-order valence-corrected chi connectivity index (χ0v) is 29.8. The molecule has 0 radical (unpaired) electrons. The Morgan fingerprint density at radius 2 is 1.63 bits per heavy atom. The van der Waals surface area contributed by atoms with E-state index in [4.69, 9.17) is 33.2 Å². The van der Waals surface area contributed by atoms with E-state index in [1.807, 2.05) is 12.1 Å². The van der Waals surface area contributed by atoms with Crippen LogP contribution in [0.25, 0.3) is 10.9 Å². The Hall–Kier alpha value is -3.00. The number of fused-ring (bicyclic) bond motifs is 6. The Morgan fingerprint density at radius 3 is 2.24 bits per heavy atom. The average Bonchev–Trinajstić information content (AvgIpc) is 3.35. The number of hydrogen-bond donors (Lipinski definition) is 0. The van der Waals surface area contributed by atoms with Gasteiger partial charge in [-0.25, -0.2) is 4.79 Å². The summed E-state index contributed by atoms with van der Waals surface area (Å²) < 4.78 is 41.4. The van der Waals surface area contributed by atoms with Crippen LogP contribution in [-0.4, -0.2) is 86.8 Å². The summed E-state index contributed by atoms with van der Waals surface area (Å²) in [6, 6.07) is 9.26. The molecule has 0 bridgehead atoms. The Labute approximate surface area is 284 Å². The lowest BCUT2D eigenvalue weighted by Crippen LogP contribution is -2.59. The number of methoxy groups -OCH3 is 6. The number of esters is 2. The molecular weight excluding hydrogens is 728 g/mol. The van der Waals surface area contributed by atoms with Crippen LogP contribution < -0.4 is 18.9 Å². The van der Waals surface area contributed by atoms with Crippen molar-refractivity contribution in [2.75, 3.05) is 49.2 Å². The second-order valence-electron chi connectivity index (χ2n) is 11.9. The van der Waals surface area contributed by atoms with Gasteiger partial charge in [0.15, 0.2) is 11.5 Å². The molecule has 3 aromatic rings. The fourth-order valence-electron chi connectivity index (χ4n) is 7.83. The summed E-state index contributed by atoms with van der Waals surface area (Å²) in [5, 5.41) is 1.17. The highest BCUT2D eigenvalue weighted by Gasteiger charge is 2.55. The molecule has 0 spiro atoms. The Balaban J connectivity index is 1.33. The van der Waals surface area contributed by atoms with Crippen LogP contribution >= 0.6 is 32.1 Å². The zero-order chi connectivity index (χ0) is 32.9. The molecule has 248 valence electrons. The first-order valence-corrected chi connectivity index (χ1v) is 16.7. The van der Waals surface area contributed by atoms with Gasteiger partial charge in [-0.15, -0.1) is 0 Å². The summed E-state index contributed by atoms with van der Waals surface area (Å²) in [6.45, 7) is 0.699. The van der Waals surface area contributed by atoms with Gasteiger partial charge >= 0.3 is 11.9 Å². The van der Waals surface area contributed by atoms with Crippen LogP contribution in [0.4, 0.5) is 0 Å². The van der Waals surface area contributed by atoms with Crippen molar-refractivity contribution in [1.29, 1.82) is 0 Å². The van der Waals surface area contributed by atoms with Crippen molar-refractivity contribution < 1.29 is 42.7 Å². The number of carbonyl (C=O) groups is 2. The van der Waals surface area contributed by atoms with Gasteiger partial charge in [0.25, 0.3) is 0 Å². The van der Waals surface area contributed by atoms with Gasteiger partial charge in [0.2, 0.25) is 5.75 Å². The summed E-state index contributed by atoms with van der Waals surface area (Å²) in [5.74, 6) is 0.202. The average molecular weight is 766 g/mol. The molecule has 1 aliphatic carbocycles. The van der Waals surface area contributed by atoms with Gasteiger partial charge in [0.1, 0.15) is 18.0 Å². The second kappa shape index (κ2) is 13.2. The molecule has 1 unspecified atom stereocenters. The Morgan fingerprint density at radius 1 is 0.913 bits per heavy atom. The molecule has 2 aliphatic heterocycles. The molecule has 6 rings (SSSR count). The van der Waals surface area contributed by atoms with Crippen LogP contribution in [-0.2, 0) is 25.4 Å². The monoisotopic (exact) mass is 764 g/mol. The highest BCUT2D eigenvalue weighted by molar-refractivity contribution is 9.09. The number of piperidine rings is 1. The topological polar surface area (TPSA) is 107 Å². The first-order valence-electron chi connectivity index (χ1n) is 15.1. The maximum atomic E-state index is 13.6. The number of halogens is 2. The fourth-order valence-corrected chi connectivity index (χ4v) is 9.35. The van der Waals surface area contributed by atoms with Crippen molar-refractivity contribution in [3.63, 3.8) is 0 Å². The van der Waals surface area contributed by atoms with Crippen LogP contribution in [0.1, 0.15) is 40.5 Å². The number of nitrogens with zero attached hydrogens (tertiary/aromatic N) is 2. The van der Waals surface area contributed by atoms with E-state index < -0.39 is 24.1 Å². The molecule has 2 fully saturated rings. The van der Waals surface area contributed by atoms with E-state index in [0.717, 1.165) is 17.7 Å². The minimum atomic E-state index is -0.701. The third-order valence-electron chi connectivity index (χ3n) is 9.88. The first-order chi connectivity index (χ1) is 22.2. The molecule has 0 N–H and O–H groups in total. The number of carbonyl (C=O) groups excluding carboxylic acids is 2. The Kier molecular flexibility index (Phi) is 9.48. The molecule has 3 heterocycles. The van der Waals surface area contributed by atoms with Gasteiger partial charge in [-0.1, -0.05) is 15.9 Å². The standard InChI is InChI=1S/C33H38Br2N2O9/c1-40-18-7-8-19-21-14-27(34)36-15-17-11-26(46-32(38)16-9-24(41-2)30(43-4)25(10-16)42-3)31(44-5)28(33(39)45-6)20(17)13-23(36)29(21)37(35)22(19)12-18/h7-10,12,17,20,23,26-28,31H,11,13-15H2,1-6H3/t17-,20+,23-,26-,27?,28+,31+/m1/s1. The minimum Gasteiger partial charge on any atom is -0.497 e. The van der Waals surface area contributed by atoms with Gasteiger partial charge in [0.05, 0.1) is 85.4 Å². The smallest absolute Gasteiger partial charge is 0.338 e. The van der Waals surface area contributed by atoms with Crippen LogP contribution in [0.5, 0.6) is 23.0 Å². The molecule has 46 heavy (non-hydrogen) atoms. The lowest BCUT2D eigenvalue weighted by molar-refractivity contribution is -0.176. The van der Waals surface area contributed by atoms with Crippen LogP contribution in [0.15, 0.2) is 30.3 Å². The normalized spacial score (nSPS) is 27.2. The molecular formula is C33H38Br2N2O9. The zero-order valence-electron chi connectivity index (χ0n) is 26.6. The van der Waals surface area contributed by atoms with E-state index in [-0.39, 0.29) is 34.4 Å². The molecule has 0 amide bonds. The van der Waals surface area contributed by atoms with E-state index in [0.29, 0.717) is 36.6 Å². The molecule has 11 nitrogen and oxygen atoms in total. The van der Waals surface area contributed by atoms with E-state index in [1.165, 1.54) is 45.1 Å². The molecule has 1 aromatic heterocycles. The van der Waals surface area contributed by atoms with Gasteiger partial charge in [-0.3, -0.25) is 13.3 Å². The predicted octanol–water partition coefficient (Wildman–Crippen LogP) is 5.52. The summed E-state index contributed by atoms with van der Waals surface area (Å²) in [7, 11) is 9.07. The summed E-state index contributed by atoms with van der Waals surface area (Å²) in [6.07, 6.45) is 0.643. The number of rotatable bonds is 8. The molecule has 1 saturated carbocycles. The predicted molar refractivity (Wildman–Crippen MR) is 176 cm³/mol. The lowest BCUT2D eigenvalue weighted by Gasteiger charge is -2.54. The quantitative estimate of drug-likeness (QED) is 0.165. The van der Waals surface area contributed by atoms with Crippen molar-refractivity contribution in [1.82, 2.24) is 8.49 Å². The van der Waals surface area contributed by atoms with E-state index >= 15 is 0 Å². The Bertz CT molecular complexity index is 1620. The van der Waals surface area contributed by atoms with Crippen LogP contribution in [0.2, 0.25) is 0 Å². The van der Waals surface area contributed by atoms with Crippen molar-refractivity contribution in [2.24, 2.45) is 17.8 Å². The van der Waals surface area contributed by atoms with Crippen LogP contribution in [0.3, 0.4) is 0 Å². The highest BCUT2D eigenvalue weighted by Crippen LogP contribution is 2.53. The minimum absolute atomic E-state index is 0.0233. The lowest BCUT2D eigenvalue weighted by atomic mass is 9.63. The third-order valence-corrected chi connectivity index (χ3v) is 11.5. The van der Waals surface area contributed by atoms with E-state index in [1.54, 1.807) is 26.4 Å².